The Hall–Kier alpha value is -4.57. The quantitative estimate of drug-likeness (QED) is 0.177. The SMILES string of the molecule is Cc1c(-c2ccc(N3CCc4cccc(C(=O)Nc5nc6ccccc6s5)c4C3)nc2C(=O)O)cnn1CC12CC3CC(C)(CC(C)(C3)C1)C2. The third kappa shape index (κ3) is 5.30. The van der Waals surface area contributed by atoms with Gasteiger partial charge in [0.05, 0.1) is 16.4 Å². The molecule has 50 heavy (non-hydrogen) atoms. The Balaban J connectivity index is 0.973. The average molecular weight is 687 g/mol. The number of hydrogen-bond donors (Lipinski definition) is 2. The molecule has 10 rings (SSSR count). The Morgan fingerprint density at radius 2 is 1.76 bits per heavy atom. The molecular weight excluding hydrogens is 645 g/mol. The second-order valence-electron chi connectivity index (χ2n) is 16.4. The molecule has 4 aliphatic carbocycles. The first-order valence-corrected chi connectivity index (χ1v) is 18.6. The molecule has 4 fully saturated rings. The number of aromatic nitrogens is 4. The van der Waals surface area contributed by atoms with Crippen molar-refractivity contribution in [3.8, 4) is 11.1 Å². The smallest absolute Gasteiger partial charge is 0.355 e. The van der Waals surface area contributed by atoms with Crippen LogP contribution in [-0.4, -0.2) is 43.3 Å². The summed E-state index contributed by atoms with van der Waals surface area (Å²) in [6.45, 7) is 9.06. The van der Waals surface area contributed by atoms with Crippen LogP contribution < -0.4 is 10.2 Å². The van der Waals surface area contributed by atoms with E-state index in [1.54, 1.807) is 0 Å². The van der Waals surface area contributed by atoms with Gasteiger partial charge in [0.2, 0.25) is 0 Å². The Labute approximate surface area is 295 Å². The first kappa shape index (κ1) is 31.4. The number of hydrogen-bond acceptors (Lipinski definition) is 7. The zero-order valence-electron chi connectivity index (χ0n) is 28.8. The summed E-state index contributed by atoms with van der Waals surface area (Å²) in [5.41, 5.74) is 6.99. The molecule has 2 unspecified atom stereocenters. The molecule has 1 amide bonds. The van der Waals surface area contributed by atoms with Gasteiger partial charge in [0.25, 0.3) is 5.91 Å². The van der Waals surface area contributed by atoms with Gasteiger partial charge in [0.1, 0.15) is 5.82 Å². The van der Waals surface area contributed by atoms with Gasteiger partial charge >= 0.3 is 5.97 Å². The number of amides is 1. The van der Waals surface area contributed by atoms with Crippen LogP contribution in [0.15, 0.2) is 60.8 Å². The molecule has 0 spiro atoms. The summed E-state index contributed by atoms with van der Waals surface area (Å²) in [5.74, 6) is 0.113. The van der Waals surface area contributed by atoms with Crippen LogP contribution in [0.5, 0.6) is 0 Å². The number of carboxylic acids is 1. The number of carbonyl (C=O) groups excluding carboxylic acids is 1. The van der Waals surface area contributed by atoms with Crippen LogP contribution in [0.3, 0.4) is 0 Å². The van der Waals surface area contributed by atoms with E-state index >= 15 is 0 Å². The lowest BCUT2D eigenvalue weighted by Gasteiger charge is -2.65. The molecule has 3 aromatic heterocycles. The standard InChI is InChI=1S/C40H42N6O3S/c1-24-29(18-41-46(24)23-40-17-25-15-38(2,21-40)20-39(3,16-25)22-40)27-11-12-33(43-34(27)36(48)49)45-14-13-26-7-6-8-28(30(26)19-45)35(47)44-37-42-31-9-4-5-10-32(31)50-37/h4-12,18,25H,13-17,19-23H2,1-3H3,(H,48,49)(H,42,44,47). The average Bonchev–Trinajstić information content (AvgIpc) is 3.64. The minimum Gasteiger partial charge on any atom is -0.476 e. The number of para-hydroxylation sites is 1. The van der Waals surface area contributed by atoms with E-state index in [1.807, 2.05) is 54.7 Å². The monoisotopic (exact) mass is 686 g/mol. The highest BCUT2D eigenvalue weighted by atomic mass is 32.1. The molecule has 256 valence electrons. The molecule has 10 heteroatoms. The van der Waals surface area contributed by atoms with Crippen LogP contribution in [0.25, 0.3) is 21.3 Å². The molecule has 0 radical (unpaired) electrons. The molecule has 2 N–H and O–H groups in total. The molecule has 9 nitrogen and oxygen atoms in total. The maximum atomic E-state index is 13.6. The minimum atomic E-state index is -1.07. The second-order valence-corrected chi connectivity index (χ2v) is 17.4. The zero-order chi connectivity index (χ0) is 34.4. The van der Waals surface area contributed by atoms with Crippen LogP contribution in [-0.2, 0) is 19.5 Å². The number of anilines is 2. The number of aromatic carboxylic acids is 1. The number of pyridine rings is 1. The van der Waals surface area contributed by atoms with Crippen molar-refractivity contribution in [3.63, 3.8) is 0 Å². The number of benzene rings is 2. The molecule has 0 saturated heterocycles. The van der Waals surface area contributed by atoms with Crippen molar-refractivity contribution in [2.24, 2.45) is 22.2 Å². The summed E-state index contributed by atoms with van der Waals surface area (Å²) in [6.07, 6.45) is 10.4. The summed E-state index contributed by atoms with van der Waals surface area (Å²) >= 11 is 1.45. The predicted octanol–water partition coefficient (Wildman–Crippen LogP) is 8.37. The van der Waals surface area contributed by atoms with Crippen LogP contribution >= 0.6 is 11.3 Å². The fraction of sp³-hybridized carbons (Fsp3) is 0.425. The van der Waals surface area contributed by atoms with Gasteiger partial charge in [-0.15, -0.1) is 0 Å². The van der Waals surface area contributed by atoms with E-state index in [0.717, 1.165) is 51.5 Å². The summed E-state index contributed by atoms with van der Waals surface area (Å²) in [7, 11) is 0. The first-order chi connectivity index (χ1) is 24.0. The Morgan fingerprint density at radius 3 is 2.52 bits per heavy atom. The molecule has 5 aliphatic rings. The highest BCUT2D eigenvalue weighted by molar-refractivity contribution is 7.22. The third-order valence-electron chi connectivity index (χ3n) is 12.1. The number of thiazole rings is 1. The number of nitrogens with zero attached hydrogens (tertiary/aromatic N) is 5. The molecule has 1 aliphatic heterocycles. The highest BCUT2D eigenvalue weighted by Crippen LogP contribution is 2.70. The van der Waals surface area contributed by atoms with Crippen LogP contribution in [0.2, 0.25) is 0 Å². The van der Waals surface area contributed by atoms with Gasteiger partial charge in [-0.3, -0.25) is 14.8 Å². The van der Waals surface area contributed by atoms with Crippen LogP contribution in [0, 0.1) is 29.1 Å². The largest absolute Gasteiger partial charge is 0.476 e. The molecule has 5 aromatic rings. The van der Waals surface area contributed by atoms with Gasteiger partial charge < -0.3 is 10.0 Å². The topological polar surface area (TPSA) is 113 Å². The summed E-state index contributed by atoms with van der Waals surface area (Å²) in [6, 6.07) is 17.4. The van der Waals surface area contributed by atoms with E-state index < -0.39 is 5.97 Å². The molecular formula is C40H42N6O3S. The zero-order valence-corrected chi connectivity index (χ0v) is 29.6. The lowest BCUT2D eigenvalue weighted by atomic mass is 9.40. The van der Waals surface area contributed by atoms with Gasteiger partial charge in [-0.05, 0) is 115 Å². The molecule has 2 atom stereocenters. The molecule has 4 saturated carbocycles. The molecule has 4 bridgehead atoms. The Bertz CT molecular complexity index is 2150. The molecule has 4 heterocycles. The van der Waals surface area contributed by atoms with E-state index in [9.17, 15) is 14.7 Å². The molecule has 2 aromatic carbocycles. The summed E-state index contributed by atoms with van der Waals surface area (Å²) < 4.78 is 3.15. The first-order valence-electron chi connectivity index (χ1n) is 17.8. The number of fused-ring (bicyclic) bond motifs is 2. The van der Waals surface area contributed by atoms with Crippen molar-refractivity contribution < 1.29 is 14.7 Å². The van der Waals surface area contributed by atoms with Gasteiger partial charge in [0.15, 0.2) is 10.8 Å². The van der Waals surface area contributed by atoms with Crippen molar-refractivity contribution in [2.75, 3.05) is 16.8 Å². The lowest BCUT2D eigenvalue weighted by molar-refractivity contribution is -0.151. The predicted molar refractivity (Wildman–Crippen MR) is 196 cm³/mol. The third-order valence-corrected chi connectivity index (χ3v) is 13.0. The van der Waals surface area contributed by atoms with Crippen molar-refractivity contribution in [2.45, 2.75) is 78.8 Å². The maximum Gasteiger partial charge on any atom is 0.355 e. The van der Waals surface area contributed by atoms with Crippen LogP contribution in [0.1, 0.15) is 90.0 Å². The van der Waals surface area contributed by atoms with Gasteiger partial charge in [-0.2, -0.15) is 5.10 Å². The number of nitrogens with one attached hydrogen (secondary N) is 1. The highest BCUT2D eigenvalue weighted by Gasteiger charge is 2.60. The summed E-state index contributed by atoms with van der Waals surface area (Å²) in [5, 5.41) is 18.8. The van der Waals surface area contributed by atoms with E-state index in [4.69, 9.17) is 10.1 Å². The van der Waals surface area contributed by atoms with Gasteiger partial charge in [-0.1, -0.05) is 49.4 Å². The fourth-order valence-corrected chi connectivity index (χ4v) is 12.0. The van der Waals surface area contributed by atoms with Gasteiger partial charge in [-0.25, -0.2) is 14.8 Å². The van der Waals surface area contributed by atoms with E-state index in [1.165, 1.54) is 49.9 Å². The fourth-order valence-electron chi connectivity index (χ4n) is 11.1. The summed E-state index contributed by atoms with van der Waals surface area (Å²) in [4.78, 5) is 37.7. The number of rotatable bonds is 7. The maximum absolute atomic E-state index is 13.6. The van der Waals surface area contributed by atoms with Gasteiger partial charge in [0, 0.05) is 42.0 Å². The van der Waals surface area contributed by atoms with Crippen molar-refractivity contribution in [1.82, 2.24) is 19.7 Å². The Morgan fingerprint density at radius 1 is 0.960 bits per heavy atom. The van der Waals surface area contributed by atoms with E-state index in [0.29, 0.717) is 46.0 Å². The van der Waals surface area contributed by atoms with E-state index in [-0.39, 0.29) is 17.0 Å². The second kappa shape index (κ2) is 11.2. The Kier molecular flexibility index (Phi) is 7.05. The number of carboxylic acid groups (broad SMARTS) is 1. The minimum absolute atomic E-state index is 0.0210. The van der Waals surface area contributed by atoms with Crippen molar-refractivity contribution >= 4 is 44.4 Å². The van der Waals surface area contributed by atoms with Crippen LogP contribution in [0.4, 0.5) is 10.9 Å². The lowest BCUT2D eigenvalue weighted by Crippen LogP contribution is -2.56. The van der Waals surface area contributed by atoms with Crippen molar-refractivity contribution in [3.05, 3.63) is 88.9 Å². The van der Waals surface area contributed by atoms with Crippen molar-refractivity contribution in [1.29, 1.82) is 0 Å². The number of carbonyl (C=O) groups is 2. The van der Waals surface area contributed by atoms with E-state index in [2.05, 4.69) is 46.7 Å². The normalized spacial score (nSPS) is 26.7.